The molecule has 3 rings (SSSR count). The fraction of sp³-hybridized carbons (Fsp3) is 0.111. The van der Waals surface area contributed by atoms with Crippen molar-refractivity contribution in [2.45, 2.75) is 13.3 Å². The summed E-state index contributed by atoms with van der Waals surface area (Å²) in [5.41, 5.74) is 1.68. The van der Waals surface area contributed by atoms with Gasteiger partial charge >= 0.3 is 0 Å². The summed E-state index contributed by atoms with van der Waals surface area (Å²) in [7, 11) is 0. The minimum Gasteiger partial charge on any atom is -0.456 e. The third-order valence-electron chi connectivity index (χ3n) is 3.21. The van der Waals surface area contributed by atoms with Crippen molar-refractivity contribution in [1.29, 1.82) is 0 Å². The summed E-state index contributed by atoms with van der Waals surface area (Å²) in [5, 5.41) is 0.534. The number of aromatic nitrogens is 3. The Bertz CT molecular complexity index is 852. The van der Waals surface area contributed by atoms with Gasteiger partial charge in [-0.2, -0.15) is 0 Å². The molecular formula is C18H14ClN3O2. The van der Waals surface area contributed by atoms with E-state index >= 15 is 0 Å². The SMILES string of the molecule is Cc1cc(Oc2cccnc2)cc(C(=O)Cc2ccc(Cl)cn2)n1. The Labute approximate surface area is 144 Å². The lowest BCUT2D eigenvalue weighted by atomic mass is 10.1. The van der Waals surface area contributed by atoms with Crippen LogP contribution in [0.1, 0.15) is 21.9 Å². The second-order valence-electron chi connectivity index (χ2n) is 5.19. The van der Waals surface area contributed by atoms with Crippen LogP contribution in [0.3, 0.4) is 0 Å². The van der Waals surface area contributed by atoms with E-state index in [0.29, 0.717) is 33.6 Å². The van der Waals surface area contributed by atoms with Gasteiger partial charge in [-0.1, -0.05) is 11.6 Å². The van der Waals surface area contributed by atoms with E-state index in [2.05, 4.69) is 15.0 Å². The topological polar surface area (TPSA) is 65.0 Å². The molecular weight excluding hydrogens is 326 g/mol. The Morgan fingerprint density at radius 2 is 2.04 bits per heavy atom. The van der Waals surface area contributed by atoms with Crippen molar-refractivity contribution in [3.63, 3.8) is 0 Å². The second kappa shape index (κ2) is 7.19. The number of Topliss-reactive ketones (excluding diaryl/α,β-unsaturated/α-hetero) is 1. The molecule has 0 aliphatic rings. The Kier molecular flexibility index (Phi) is 4.82. The van der Waals surface area contributed by atoms with Crippen LogP contribution in [0, 0.1) is 6.92 Å². The van der Waals surface area contributed by atoms with Crippen molar-refractivity contribution < 1.29 is 9.53 Å². The molecule has 0 fully saturated rings. The Balaban J connectivity index is 1.80. The van der Waals surface area contributed by atoms with Crippen LogP contribution in [0.2, 0.25) is 5.02 Å². The fourth-order valence-corrected chi connectivity index (χ4v) is 2.26. The highest BCUT2D eigenvalue weighted by atomic mass is 35.5. The largest absolute Gasteiger partial charge is 0.456 e. The zero-order valence-electron chi connectivity index (χ0n) is 12.9. The maximum atomic E-state index is 12.5. The lowest BCUT2D eigenvalue weighted by molar-refractivity contribution is 0.0986. The van der Waals surface area contributed by atoms with Crippen molar-refractivity contribution in [2.75, 3.05) is 0 Å². The number of nitrogens with zero attached hydrogens (tertiary/aromatic N) is 3. The zero-order valence-corrected chi connectivity index (χ0v) is 13.7. The summed E-state index contributed by atoms with van der Waals surface area (Å²) in [5.74, 6) is 1.01. The third kappa shape index (κ3) is 4.14. The Morgan fingerprint density at radius 1 is 1.17 bits per heavy atom. The minimum atomic E-state index is -0.135. The summed E-state index contributed by atoms with van der Waals surface area (Å²) in [6.07, 6.45) is 4.94. The molecule has 0 spiro atoms. The average molecular weight is 340 g/mol. The highest BCUT2D eigenvalue weighted by Crippen LogP contribution is 2.22. The predicted octanol–water partition coefficient (Wildman–Crippen LogP) is 4.05. The molecule has 3 aromatic rings. The van der Waals surface area contributed by atoms with Gasteiger partial charge in [0.2, 0.25) is 0 Å². The van der Waals surface area contributed by atoms with E-state index in [4.69, 9.17) is 16.3 Å². The first-order valence-electron chi connectivity index (χ1n) is 7.30. The molecule has 0 N–H and O–H groups in total. The Morgan fingerprint density at radius 3 is 2.75 bits per heavy atom. The van der Waals surface area contributed by atoms with Crippen LogP contribution in [-0.2, 0) is 6.42 Å². The van der Waals surface area contributed by atoms with E-state index in [-0.39, 0.29) is 12.2 Å². The molecule has 0 aromatic carbocycles. The zero-order chi connectivity index (χ0) is 16.9. The summed E-state index contributed by atoms with van der Waals surface area (Å²) < 4.78 is 5.73. The molecule has 3 heterocycles. The highest BCUT2D eigenvalue weighted by molar-refractivity contribution is 6.30. The van der Waals surface area contributed by atoms with E-state index in [1.54, 1.807) is 48.8 Å². The number of carbonyl (C=O) groups excluding carboxylic acids is 1. The van der Waals surface area contributed by atoms with Gasteiger partial charge in [0, 0.05) is 35.9 Å². The Hall–Kier alpha value is -2.79. The number of ketones is 1. The third-order valence-corrected chi connectivity index (χ3v) is 3.44. The van der Waals surface area contributed by atoms with Gasteiger partial charge in [0.05, 0.1) is 17.6 Å². The predicted molar refractivity (Wildman–Crippen MR) is 90.6 cm³/mol. The van der Waals surface area contributed by atoms with Crippen LogP contribution in [0.4, 0.5) is 0 Å². The molecule has 0 atom stereocenters. The highest BCUT2D eigenvalue weighted by Gasteiger charge is 2.12. The first-order chi connectivity index (χ1) is 11.6. The van der Waals surface area contributed by atoms with Crippen molar-refractivity contribution in [2.24, 2.45) is 0 Å². The standard InChI is InChI=1S/C18H14ClN3O2/c1-12-7-16(24-15-3-2-6-20-11-15)9-17(22-12)18(23)8-14-5-4-13(19)10-21-14/h2-7,9-11H,8H2,1H3. The molecule has 5 nitrogen and oxygen atoms in total. The number of hydrogen-bond donors (Lipinski definition) is 0. The second-order valence-corrected chi connectivity index (χ2v) is 5.62. The monoisotopic (exact) mass is 339 g/mol. The van der Waals surface area contributed by atoms with Gasteiger partial charge in [0.1, 0.15) is 17.2 Å². The number of aryl methyl sites for hydroxylation is 1. The van der Waals surface area contributed by atoms with Gasteiger partial charge in [0.15, 0.2) is 5.78 Å². The fourth-order valence-electron chi connectivity index (χ4n) is 2.15. The minimum absolute atomic E-state index is 0.135. The van der Waals surface area contributed by atoms with Crippen molar-refractivity contribution in [3.05, 3.63) is 77.1 Å². The van der Waals surface area contributed by atoms with Gasteiger partial charge in [-0.3, -0.25) is 14.8 Å². The number of ether oxygens (including phenoxy) is 1. The number of hydrogen-bond acceptors (Lipinski definition) is 5. The lowest BCUT2D eigenvalue weighted by Gasteiger charge is -2.08. The molecule has 0 radical (unpaired) electrons. The molecule has 0 bridgehead atoms. The molecule has 120 valence electrons. The lowest BCUT2D eigenvalue weighted by Crippen LogP contribution is -2.08. The van der Waals surface area contributed by atoms with Crippen LogP contribution >= 0.6 is 11.6 Å². The maximum absolute atomic E-state index is 12.5. The quantitative estimate of drug-likeness (QED) is 0.656. The maximum Gasteiger partial charge on any atom is 0.187 e. The normalized spacial score (nSPS) is 10.4. The van der Waals surface area contributed by atoms with Crippen LogP contribution in [0.25, 0.3) is 0 Å². The molecule has 0 unspecified atom stereocenters. The average Bonchev–Trinajstić information content (AvgIpc) is 2.57. The molecule has 3 aromatic heterocycles. The molecule has 0 aliphatic carbocycles. The van der Waals surface area contributed by atoms with Crippen LogP contribution in [0.15, 0.2) is 55.0 Å². The summed E-state index contributed by atoms with van der Waals surface area (Å²) in [6.45, 7) is 1.81. The number of pyridine rings is 3. The number of rotatable bonds is 5. The van der Waals surface area contributed by atoms with Gasteiger partial charge < -0.3 is 4.74 Å². The smallest absolute Gasteiger partial charge is 0.187 e. The van der Waals surface area contributed by atoms with E-state index in [0.717, 1.165) is 0 Å². The van der Waals surface area contributed by atoms with Crippen molar-refractivity contribution in [3.8, 4) is 11.5 Å². The molecule has 0 amide bonds. The molecule has 0 saturated carbocycles. The van der Waals surface area contributed by atoms with E-state index in [1.807, 2.05) is 6.92 Å². The van der Waals surface area contributed by atoms with Crippen LogP contribution < -0.4 is 4.74 Å². The molecule has 0 saturated heterocycles. The van der Waals surface area contributed by atoms with E-state index < -0.39 is 0 Å². The van der Waals surface area contributed by atoms with Crippen molar-refractivity contribution in [1.82, 2.24) is 15.0 Å². The first kappa shape index (κ1) is 16.1. The van der Waals surface area contributed by atoms with Gasteiger partial charge in [-0.05, 0) is 31.2 Å². The van der Waals surface area contributed by atoms with Crippen LogP contribution in [0.5, 0.6) is 11.5 Å². The molecule has 0 aliphatic heterocycles. The van der Waals surface area contributed by atoms with Crippen molar-refractivity contribution >= 4 is 17.4 Å². The van der Waals surface area contributed by atoms with E-state index in [1.165, 1.54) is 6.20 Å². The first-order valence-corrected chi connectivity index (χ1v) is 7.68. The summed E-state index contributed by atoms with van der Waals surface area (Å²) in [4.78, 5) is 24.9. The summed E-state index contributed by atoms with van der Waals surface area (Å²) in [6, 6.07) is 10.4. The molecule has 24 heavy (non-hydrogen) atoms. The number of carbonyl (C=O) groups is 1. The van der Waals surface area contributed by atoms with Gasteiger partial charge in [-0.25, -0.2) is 4.98 Å². The summed E-state index contributed by atoms with van der Waals surface area (Å²) >= 11 is 5.80. The molecule has 6 heteroatoms. The number of halogens is 1. The van der Waals surface area contributed by atoms with Crippen LogP contribution in [-0.4, -0.2) is 20.7 Å². The van der Waals surface area contributed by atoms with Gasteiger partial charge in [-0.15, -0.1) is 0 Å². The van der Waals surface area contributed by atoms with Gasteiger partial charge in [0.25, 0.3) is 0 Å². The van der Waals surface area contributed by atoms with E-state index in [9.17, 15) is 4.79 Å².